The standard InChI is InChI=1S/C22H23N3O3/c1-22(2,3)20(27)23-12-14-11-17(23)18-19(26)25(21(28)24(14)18)16-10-6-8-13-7-4-5-9-15(13)16/h4-10,14,17,26H,11-12H2,1-3H3/t14-,17-/m0/s1. The number of hydrogen-bond donors (Lipinski definition) is 1. The van der Waals surface area contributed by atoms with E-state index in [2.05, 4.69) is 0 Å². The summed E-state index contributed by atoms with van der Waals surface area (Å²) in [6.07, 6.45) is 0.691. The van der Waals surface area contributed by atoms with Crippen molar-refractivity contribution in [3.05, 3.63) is 58.6 Å². The average Bonchev–Trinajstić information content (AvgIpc) is 3.31. The predicted octanol–water partition coefficient (Wildman–Crippen LogP) is 3.37. The summed E-state index contributed by atoms with van der Waals surface area (Å²) in [7, 11) is 0. The van der Waals surface area contributed by atoms with Crippen molar-refractivity contribution in [3.8, 4) is 11.6 Å². The molecule has 2 aromatic carbocycles. The summed E-state index contributed by atoms with van der Waals surface area (Å²) < 4.78 is 3.08. The smallest absolute Gasteiger partial charge is 0.336 e. The van der Waals surface area contributed by atoms with Crippen LogP contribution in [0.5, 0.6) is 5.88 Å². The van der Waals surface area contributed by atoms with Crippen LogP contribution in [-0.4, -0.2) is 31.6 Å². The monoisotopic (exact) mass is 377 g/mol. The second kappa shape index (κ2) is 5.50. The summed E-state index contributed by atoms with van der Waals surface area (Å²) in [5.41, 5.74) is 0.491. The minimum Gasteiger partial charge on any atom is -0.493 e. The van der Waals surface area contributed by atoms with Crippen molar-refractivity contribution in [2.45, 2.75) is 39.3 Å². The third-order valence-corrected chi connectivity index (χ3v) is 5.97. The third-order valence-electron chi connectivity index (χ3n) is 5.97. The average molecular weight is 377 g/mol. The first-order valence-corrected chi connectivity index (χ1v) is 9.64. The molecule has 3 heterocycles. The fourth-order valence-corrected chi connectivity index (χ4v) is 4.72. The van der Waals surface area contributed by atoms with E-state index in [4.69, 9.17) is 0 Å². The summed E-state index contributed by atoms with van der Waals surface area (Å²) >= 11 is 0. The second-order valence-corrected chi connectivity index (χ2v) is 8.81. The number of hydrogen-bond acceptors (Lipinski definition) is 3. The van der Waals surface area contributed by atoms with Gasteiger partial charge in [0.25, 0.3) is 0 Å². The molecule has 144 valence electrons. The number of benzene rings is 2. The number of aromatic nitrogens is 2. The number of aromatic hydroxyl groups is 1. The number of carbonyl (C=O) groups excluding carboxylic acids is 1. The highest BCUT2D eigenvalue weighted by atomic mass is 16.3. The minimum atomic E-state index is -0.497. The molecule has 0 spiro atoms. The Hall–Kier alpha value is -3.02. The highest BCUT2D eigenvalue weighted by Gasteiger charge is 2.50. The zero-order valence-corrected chi connectivity index (χ0v) is 16.2. The highest BCUT2D eigenvalue weighted by Crippen LogP contribution is 2.49. The van der Waals surface area contributed by atoms with Crippen molar-refractivity contribution in [1.29, 1.82) is 0 Å². The maximum Gasteiger partial charge on any atom is 0.336 e. The van der Waals surface area contributed by atoms with Crippen LogP contribution in [0, 0.1) is 5.41 Å². The lowest BCUT2D eigenvalue weighted by atomic mass is 9.94. The number of rotatable bonds is 1. The van der Waals surface area contributed by atoms with Gasteiger partial charge >= 0.3 is 5.69 Å². The van der Waals surface area contributed by atoms with Gasteiger partial charge in [0.2, 0.25) is 11.8 Å². The maximum absolute atomic E-state index is 13.3. The number of imidazole rings is 1. The molecule has 2 aliphatic heterocycles. The Bertz CT molecular complexity index is 1180. The van der Waals surface area contributed by atoms with E-state index < -0.39 is 5.41 Å². The fraction of sp³-hybridized carbons (Fsp3) is 0.364. The van der Waals surface area contributed by atoms with Gasteiger partial charge in [-0.05, 0) is 17.9 Å². The van der Waals surface area contributed by atoms with Gasteiger partial charge in [-0.25, -0.2) is 9.36 Å². The van der Waals surface area contributed by atoms with Crippen molar-refractivity contribution < 1.29 is 9.90 Å². The first kappa shape index (κ1) is 17.1. The molecule has 3 aromatic rings. The van der Waals surface area contributed by atoms with E-state index in [1.54, 1.807) is 4.57 Å². The SMILES string of the molecule is CC(C)(C)C(=O)N1C[C@@H]2C[C@H]1c1c(O)n(-c3cccc4ccccc34)c(=O)n12. The molecule has 0 saturated carbocycles. The van der Waals surface area contributed by atoms with E-state index in [0.717, 1.165) is 10.8 Å². The van der Waals surface area contributed by atoms with Gasteiger partial charge in [0.05, 0.1) is 17.8 Å². The van der Waals surface area contributed by atoms with Crippen molar-refractivity contribution in [1.82, 2.24) is 14.0 Å². The number of nitrogens with zero attached hydrogens (tertiary/aromatic N) is 3. The summed E-state index contributed by atoms with van der Waals surface area (Å²) in [5, 5.41) is 13.0. The van der Waals surface area contributed by atoms with Crippen LogP contribution >= 0.6 is 0 Å². The zero-order valence-electron chi connectivity index (χ0n) is 16.2. The predicted molar refractivity (Wildman–Crippen MR) is 107 cm³/mol. The lowest BCUT2D eigenvalue weighted by Crippen LogP contribution is -2.43. The Morgan fingerprint density at radius 3 is 2.57 bits per heavy atom. The van der Waals surface area contributed by atoms with Crippen molar-refractivity contribution >= 4 is 16.7 Å². The van der Waals surface area contributed by atoms with E-state index in [1.165, 1.54) is 4.57 Å². The number of fused-ring (bicyclic) bond motifs is 6. The van der Waals surface area contributed by atoms with Crippen molar-refractivity contribution in [2.75, 3.05) is 6.54 Å². The van der Waals surface area contributed by atoms with Crippen LogP contribution in [-0.2, 0) is 4.79 Å². The van der Waals surface area contributed by atoms with Gasteiger partial charge in [-0.3, -0.25) is 9.36 Å². The Kier molecular flexibility index (Phi) is 3.36. The molecular weight excluding hydrogens is 354 g/mol. The van der Waals surface area contributed by atoms with Crippen LogP contribution in [0.1, 0.15) is 45.0 Å². The minimum absolute atomic E-state index is 0.0519. The Balaban J connectivity index is 1.69. The molecule has 5 rings (SSSR count). The van der Waals surface area contributed by atoms with Gasteiger partial charge in [0, 0.05) is 17.3 Å². The molecular formula is C22H23N3O3. The molecule has 6 heteroatoms. The Morgan fingerprint density at radius 2 is 1.82 bits per heavy atom. The van der Waals surface area contributed by atoms with Crippen LogP contribution < -0.4 is 5.69 Å². The normalized spacial score (nSPS) is 20.8. The molecule has 6 nitrogen and oxygen atoms in total. The second-order valence-electron chi connectivity index (χ2n) is 8.81. The lowest BCUT2D eigenvalue weighted by Gasteiger charge is -2.32. The van der Waals surface area contributed by atoms with Crippen molar-refractivity contribution in [3.63, 3.8) is 0 Å². The van der Waals surface area contributed by atoms with E-state index in [9.17, 15) is 14.7 Å². The molecule has 1 aromatic heterocycles. The highest BCUT2D eigenvalue weighted by molar-refractivity contribution is 5.90. The van der Waals surface area contributed by atoms with Crippen LogP contribution in [0.25, 0.3) is 16.5 Å². The molecule has 0 radical (unpaired) electrons. The Morgan fingerprint density at radius 1 is 1.11 bits per heavy atom. The molecule has 1 N–H and O–H groups in total. The van der Waals surface area contributed by atoms with E-state index in [-0.39, 0.29) is 29.6 Å². The summed E-state index contributed by atoms with van der Waals surface area (Å²) in [5.74, 6) is -0.00345. The molecule has 2 atom stereocenters. The fourth-order valence-electron chi connectivity index (χ4n) is 4.72. The van der Waals surface area contributed by atoms with Crippen LogP contribution in [0.2, 0.25) is 0 Å². The summed E-state index contributed by atoms with van der Waals surface area (Å²) in [6.45, 7) is 6.22. The summed E-state index contributed by atoms with van der Waals surface area (Å²) in [6, 6.07) is 13.2. The number of likely N-dealkylation sites (tertiary alicyclic amines) is 1. The van der Waals surface area contributed by atoms with Gasteiger partial charge in [-0.2, -0.15) is 0 Å². The van der Waals surface area contributed by atoms with Crippen LogP contribution in [0.3, 0.4) is 0 Å². The van der Waals surface area contributed by atoms with Gasteiger partial charge in [0.1, 0.15) is 5.69 Å². The first-order valence-electron chi connectivity index (χ1n) is 9.64. The van der Waals surface area contributed by atoms with Crippen LogP contribution in [0.15, 0.2) is 47.3 Å². The Labute approximate surface area is 162 Å². The van der Waals surface area contributed by atoms with E-state index >= 15 is 0 Å². The molecule has 28 heavy (non-hydrogen) atoms. The van der Waals surface area contributed by atoms with Gasteiger partial charge in [0.15, 0.2) is 0 Å². The maximum atomic E-state index is 13.3. The lowest BCUT2D eigenvalue weighted by molar-refractivity contribution is -0.141. The molecule has 2 bridgehead atoms. The third kappa shape index (κ3) is 2.14. The molecule has 0 aliphatic carbocycles. The largest absolute Gasteiger partial charge is 0.493 e. The molecule has 2 aliphatic rings. The molecule has 0 unspecified atom stereocenters. The number of amides is 1. The molecule has 1 saturated heterocycles. The molecule has 1 fully saturated rings. The number of carbonyl (C=O) groups is 1. The van der Waals surface area contributed by atoms with E-state index in [1.807, 2.05) is 68.1 Å². The first-order chi connectivity index (χ1) is 13.3. The van der Waals surface area contributed by atoms with Gasteiger partial charge in [-0.1, -0.05) is 57.2 Å². The van der Waals surface area contributed by atoms with Crippen molar-refractivity contribution in [2.24, 2.45) is 5.41 Å². The quantitative estimate of drug-likeness (QED) is 0.707. The zero-order chi connectivity index (χ0) is 19.8. The van der Waals surface area contributed by atoms with Gasteiger partial charge in [-0.15, -0.1) is 0 Å². The van der Waals surface area contributed by atoms with Gasteiger partial charge < -0.3 is 10.0 Å². The summed E-state index contributed by atoms with van der Waals surface area (Å²) in [4.78, 5) is 27.9. The van der Waals surface area contributed by atoms with Crippen LogP contribution in [0.4, 0.5) is 0 Å². The topological polar surface area (TPSA) is 67.5 Å². The van der Waals surface area contributed by atoms with E-state index in [0.29, 0.717) is 24.3 Å². The molecule has 1 amide bonds.